The molecule has 0 aliphatic carbocycles. The van der Waals surface area contributed by atoms with Crippen LogP contribution in [0.25, 0.3) is 0 Å². The monoisotopic (exact) mass is 416 g/mol. The molecule has 0 heterocycles. The number of carbonyl (C=O) groups is 3. The summed E-state index contributed by atoms with van der Waals surface area (Å²) in [7, 11) is 0. The molecule has 0 bridgehead atoms. The zero-order chi connectivity index (χ0) is 22.4. The predicted molar refractivity (Wildman–Crippen MR) is 112 cm³/mol. The van der Waals surface area contributed by atoms with Crippen molar-refractivity contribution in [2.45, 2.75) is 27.7 Å². The zero-order valence-electron chi connectivity index (χ0n) is 17.8. The lowest BCUT2D eigenvalue weighted by Crippen LogP contribution is -2.09. The van der Waals surface area contributed by atoms with E-state index in [0.717, 1.165) is 5.75 Å². The molecule has 30 heavy (non-hydrogen) atoms. The van der Waals surface area contributed by atoms with Crippen LogP contribution in [-0.4, -0.2) is 44.1 Å². The van der Waals surface area contributed by atoms with Gasteiger partial charge < -0.3 is 18.9 Å². The van der Waals surface area contributed by atoms with Crippen molar-refractivity contribution in [1.29, 1.82) is 0 Å². The van der Waals surface area contributed by atoms with Gasteiger partial charge in [0.1, 0.15) is 37.9 Å². The van der Waals surface area contributed by atoms with Crippen LogP contribution in [0.5, 0.6) is 11.5 Å². The highest BCUT2D eigenvalue weighted by molar-refractivity contribution is 5.94. The average molecular weight is 416 g/mol. The minimum Gasteiger partial charge on any atom is -0.490 e. The summed E-state index contributed by atoms with van der Waals surface area (Å²) in [5.74, 6) is 0.861. The van der Waals surface area contributed by atoms with Crippen LogP contribution in [0.4, 0.5) is 0 Å². The Bertz CT molecular complexity index is 795. The van der Waals surface area contributed by atoms with Gasteiger partial charge in [-0.1, -0.05) is 17.7 Å². The summed E-state index contributed by atoms with van der Waals surface area (Å²) in [6.07, 6.45) is 0. The van der Waals surface area contributed by atoms with E-state index in [4.69, 9.17) is 18.9 Å². The lowest BCUT2D eigenvalue weighted by Gasteiger charge is -2.06. The Kier molecular flexibility index (Phi) is 11.3. The van der Waals surface area contributed by atoms with Gasteiger partial charge in [0.15, 0.2) is 5.78 Å². The largest absolute Gasteiger partial charge is 0.490 e. The molecular formula is C23H28O7. The van der Waals surface area contributed by atoms with E-state index in [1.54, 1.807) is 24.3 Å². The second-order valence-electron chi connectivity index (χ2n) is 6.27. The van der Waals surface area contributed by atoms with Gasteiger partial charge >= 0.3 is 11.9 Å². The maximum atomic E-state index is 11.0. The number of Topliss-reactive ketones (excluding diaryl/α,β-unsaturated/α-hetero) is 1. The van der Waals surface area contributed by atoms with E-state index in [0.29, 0.717) is 31.1 Å². The molecule has 0 aromatic heterocycles. The topological polar surface area (TPSA) is 88.1 Å². The summed E-state index contributed by atoms with van der Waals surface area (Å²) in [5, 5.41) is 0. The van der Waals surface area contributed by atoms with Gasteiger partial charge in [0.25, 0.3) is 0 Å². The van der Waals surface area contributed by atoms with E-state index in [1.165, 1.54) is 26.3 Å². The van der Waals surface area contributed by atoms with Gasteiger partial charge in [0.05, 0.1) is 0 Å². The van der Waals surface area contributed by atoms with Crippen molar-refractivity contribution in [3.05, 3.63) is 59.7 Å². The van der Waals surface area contributed by atoms with E-state index in [-0.39, 0.29) is 24.3 Å². The smallest absolute Gasteiger partial charge is 0.302 e. The number of esters is 2. The third-order valence-corrected chi connectivity index (χ3v) is 3.60. The van der Waals surface area contributed by atoms with Gasteiger partial charge in [-0.25, -0.2) is 0 Å². The highest BCUT2D eigenvalue weighted by Crippen LogP contribution is 2.12. The van der Waals surface area contributed by atoms with Crippen LogP contribution in [0.2, 0.25) is 0 Å². The molecule has 2 rings (SSSR count). The van der Waals surface area contributed by atoms with Gasteiger partial charge in [0.2, 0.25) is 0 Å². The SMILES string of the molecule is CC(=O)OCCOc1ccc(C(C)=O)cc1.CC(=O)OCCOc1ccc(C)cc1. The third kappa shape index (κ3) is 11.5. The molecule has 0 unspecified atom stereocenters. The van der Waals surface area contributed by atoms with Crippen molar-refractivity contribution in [3.8, 4) is 11.5 Å². The summed E-state index contributed by atoms with van der Waals surface area (Å²) in [4.78, 5) is 31.9. The van der Waals surface area contributed by atoms with Crippen molar-refractivity contribution in [3.63, 3.8) is 0 Å². The fraction of sp³-hybridized carbons (Fsp3) is 0.348. The predicted octanol–water partition coefficient (Wildman–Crippen LogP) is 3.77. The van der Waals surface area contributed by atoms with E-state index < -0.39 is 0 Å². The van der Waals surface area contributed by atoms with Crippen molar-refractivity contribution < 1.29 is 33.3 Å². The van der Waals surface area contributed by atoms with Crippen LogP contribution < -0.4 is 9.47 Å². The number of benzene rings is 2. The Balaban J connectivity index is 0.000000303. The van der Waals surface area contributed by atoms with E-state index >= 15 is 0 Å². The summed E-state index contributed by atoms with van der Waals surface area (Å²) in [6, 6.07) is 14.6. The molecule has 0 aliphatic heterocycles. The minimum atomic E-state index is -0.324. The third-order valence-electron chi connectivity index (χ3n) is 3.60. The van der Waals surface area contributed by atoms with E-state index in [2.05, 4.69) is 0 Å². The molecule has 2 aromatic carbocycles. The normalized spacial score (nSPS) is 9.60. The van der Waals surface area contributed by atoms with Gasteiger partial charge in [-0.2, -0.15) is 0 Å². The lowest BCUT2D eigenvalue weighted by molar-refractivity contribution is -0.142. The number of aryl methyl sites for hydroxylation is 1. The molecule has 0 aliphatic rings. The molecule has 0 spiro atoms. The van der Waals surface area contributed by atoms with E-state index in [9.17, 15) is 14.4 Å². The van der Waals surface area contributed by atoms with Gasteiger partial charge in [-0.05, 0) is 50.2 Å². The molecule has 0 amide bonds. The number of rotatable bonds is 9. The number of hydrogen-bond acceptors (Lipinski definition) is 7. The van der Waals surface area contributed by atoms with Crippen LogP contribution in [-0.2, 0) is 19.1 Å². The Labute approximate surface area is 176 Å². The van der Waals surface area contributed by atoms with Crippen LogP contribution in [0.3, 0.4) is 0 Å². The zero-order valence-corrected chi connectivity index (χ0v) is 17.8. The van der Waals surface area contributed by atoms with Crippen LogP contribution >= 0.6 is 0 Å². The fourth-order valence-corrected chi connectivity index (χ4v) is 2.11. The lowest BCUT2D eigenvalue weighted by atomic mass is 10.1. The van der Waals surface area contributed by atoms with Gasteiger partial charge in [-0.3, -0.25) is 14.4 Å². The van der Waals surface area contributed by atoms with Crippen molar-refractivity contribution in [2.24, 2.45) is 0 Å². The molecule has 0 N–H and O–H groups in total. The molecule has 7 heteroatoms. The Morgan fingerprint density at radius 1 is 0.633 bits per heavy atom. The molecule has 0 saturated carbocycles. The molecule has 7 nitrogen and oxygen atoms in total. The van der Waals surface area contributed by atoms with Crippen LogP contribution in [0, 0.1) is 6.92 Å². The highest BCUT2D eigenvalue weighted by Gasteiger charge is 2.00. The fourth-order valence-electron chi connectivity index (χ4n) is 2.11. The summed E-state index contributed by atoms with van der Waals surface area (Å²) in [6.45, 7) is 7.47. The Morgan fingerprint density at radius 3 is 1.40 bits per heavy atom. The first-order chi connectivity index (χ1) is 14.3. The molecule has 2 aromatic rings. The van der Waals surface area contributed by atoms with Crippen LogP contribution in [0.1, 0.15) is 36.7 Å². The number of carbonyl (C=O) groups excluding carboxylic acids is 3. The second kappa shape index (κ2) is 13.8. The molecule has 0 atom stereocenters. The maximum absolute atomic E-state index is 11.0. The number of ketones is 1. The Morgan fingerprint density at radius 2 is 1.03 bits per heavy atom. The highest BCUT2D eigenvalue weighted by atomic mass is 16.6. The summed E-state index contributed by atoms with van der Waals surface area (Å²) >= 11 is 0. The summed E-state index contributed by atoms with van der Waals surface area (Å²) < 4.78 is 20.1. The standard InChI is InChI=1S/C12H14O4.C11H14O3/c1-9(13)11-3-5-12(6-4-11)16-8-7-15-10(2)14;1-9-3-5-11(6-4-9)14-8-7-13-10(2)12/h3-6H,7-8H2,1-2H3;3-6H,7-8H2,1-2H3. The Hall–Kier alpha value is -3.35. The van der Waals surface area contributed by atoms with Crippen molar-refractivity contribution in [1.82, 2.24) is 0 Å². The van der Waals surface area contributed by atoms with Gasteiger partial charge in [0, 0.05) is 19.4 Å². The molecule has 0 saturated heterocycles. The number of hydrogen-bond donors (Lipinski definition) is 0. The molecule has 162 valence electrons. The number of ether oxygens (including phenoxy) is 4. The van der Waals surface area contributed by atoms with Crippen LogP contribution in [0.15, 0.2) is 48.5 Å². The van der Waals surface area contributed by atoms with Crippen molar-refractivity contribution >= 4 is 17.7 Å². The van der Waals surface area contributed by atoms with E-state index in [1.807, 2.05) is 31.2 Å². The molecule has 0 radical (unpaired) electrons. The first-order valence-electron chi connectivity index (χ1n) is 9.48. The first-order valence-corrected chi connectivity index (χ1v) is 9.48. The quantitative estimate of drug-likeness (QED) is 0.349. The minimum absolute atomic E-state index is 0.0199. The average Bonchev–Trinajstić information content (AvgIpc) is 2.70. The maximum Gasteiger partial charge on any atom is 0.302 e. The molecule has 0 fully saturated rings. The first kappa shape index (κ1) is 24.7. The van der Waals surface area contributed by atoms with Crippen molar-refractivity contribution in [2.75, 3.05) is 26.4 Å². The second-order valence-corrected chi connectivity index (χ2v) is 6.27. The molecular weight excluding hydrogens is 388 g/mol. The summed E-state index contributed by atoms with van der Waals surface area (Å²) in [5.41, 5.74) is 1.84. The van der Waals surface area contributed by atoms with Gasteiger partial charge in [-0.15, -0.1) is 0 Å².